The summed E-state index contributed by atoms with van der Waals surface area (Å²) in [5, 5.41) is 1.00. The molecule has 2 aliphatic heterocycles. The van der Waals surface area contributed by atoms with E-state index >= 15 is 0 Å². The van der Waals surface area contributed by atoms with Gasteiger partial charge in [-0.25, -0.2) is 4.39 Å². The number of hydrogen-bond acceptors (Lipinski definition) is 3. The molecule has 0 radical (unpaired) electrons. The Morgan fingerprint density at radius 3 is 3.11 bits per heavy atom. The molecule has 104 valence electrons. The van der Waals surface area contributed by atoms with Crippen LogP contribution in [0, 0.1) is 5.92 Å². The molecule has 0 spiro atoms. The molecule has 2 unspecified atom stereocenters. The van der Waals surface area contributed by atoms with Crippen molar-refractivity contribution in [3.05, 3.63) is 36.2 Å². The molecule has 2 nitrogen and oxygen atoms in total. The van der Waals surface area contributed by atoms with Crippen molar-refractivity contribution in [3.63, 3.8) is 0 Å². The predicted molar refractivity (Wildman–Crippen MR) is 80.4 cm³/mol. The van der Waals surface area contributed by atoms with E-state index in [9.17, 15) is 4.39 Å². The third-order valence-corrected chi connectivity index (χ3v) is 4.80. The minimum atomic E-state index is -0.571. The summed E-state index contributed by atoms with van der Waals surface area (Å²) >= 11 is 1.76. The van der Waals surface area contributed by atoms with E-state index in [1.54, 1.807) is 30.8 Å². The summed E-state index contributed by atoms with van der Waals surface area (Å²) in [6.07, 6.45) is 5.78. The second kappa shape index (κ2) is 6.06. The van der Waals surface area contributed by atoms with Crippen molar-refractivity contribution in [3.8, 4) is 0 Å². The molecule has 1 saturated heterocycles. The molecule has 0 amide bonds. The van der Waals surface area contributed by atoms with Gasteiger partial charge in [-0.1, -0.05) is 24.8 Å². The molecule has 2 atom stereocenters. The fourth-order valence-corrected chi connectivity index (χ4v) is 3.86. The molecule has 0 N–H and O–H groups in total. The molecule has 0 aromatic rings. The maximum atomic E-state index is 14.3. The van der Waals surface area contributed by atoms with Crippen molar-refractivity contribution in [2.45, 2.75) is 25.8 Å². The minimum absolute atomic E-state index is 0.223. The Hall–Kier alpha value is -0.870. The summed E-state index contributed by atoms with van der Waals surface area (Å²) in [5.41, 5.74) is 0.0348. The summed E-state index contributed by atoms with van der Waals surface area (Å²) < 4.78 is 19.9. The zero-order valence-corrected chi connectivity index (χ0v) is 12.3. The summed E-state index contributed by atoms with van der Waals surface area (Å²) in [4.78, 5) is 4.78. The van der Waals surface area contributed by atoms with Crippen LogP contribution in [0.5, 0.6) is 0 Å². The van der Waals surface area contributed by atoms with Gasteiger partial charge in [-0.05, 0) is 20.3 Å². The molecule has 0 aromatic carbocycles. The van der Waals surface area contributed by atoms with Crippen molar-refractivity contribution in [2.75, 3.05) is 19.0 Å². The summed E-state index contributed by atoms with van der Waals surface area (Å²) in [6, 6.07) is 0. The third kappa shape index (κ3) is 2.70. The Morgan fingerprint density at radius 1 is 1.63 bits per heavy atom. The molecule has 2 heterocycles. The third-order valence-electron chi connectivity index (χ3n) is 3.72. The second-order valence-electron chi connectivity index (χ2n) is 4.86. The first-order valence-corrected chi connectivity index (χ1v) is 7.55. The maximum Gasteiger partial charge on any atom is 0.124 e. The number of fused-ring (bicyclic) bond motifs is 1. The van der Waals surface area contributed by atoms with Gasteiger partial charge in [-0.3, -0.25) is 4.99 Å². The van der Waals surface area contributed by atoms with Gasteiger partial charge < -0.3 is 4.74 Å². The van der Waals surface area contributed by atoms with Gasteiger partial charge in [0.05, 0.1) is 11.7 Å². The van der Waals surface area contributed by atoms with E-state index in [0.29, 0.717) is 18.1 Å². The molecule has 0 bridgehead atoms. The Labute approximate surface area is 118 Å². The number of halogens is 1. The summed E-state index contributed by atoms with van der Waals surface area (Å²) in [7, 11) is 0. The number of nitrogens with zero attached hydrogens (tertiary/aromatic N) is 1. The van der Waals surface area contributed by atoms with Crippen LogP contribution in [-0.4, -0.2) is 29.5 Å². The zero-order valence-electron chi connectivity index (χ0n) is 11.5. The molecular formula is C15H20FNOS. The Kier molecular flexibility index (Phi) is 4.63. The van der Waals surface area contributed by atoms with E-state index in [2.05, 4.69) is 6.58 Å². The van der Waals surface area contributed by atoms with Crippen LogP contribution in [0.25, 0.3) is 0 Å². The molecule has 19 heavy (non-hydrogen) atoms. The highest BCUT2D eigenvalue weighted by atomic mass is 32.2. The average Bonchev–Trinajstić information content (AvgIpc) is 2.43. The van der Waals surface area contributed by atoms with Crippen LogP contribution in [0.2, 0.25) is 0 Å². The van der Waals surface area contributed by atoms with Gasteiger partial charge >= 0.3 is 0 Å². The van der Waals surface area contributed by atoms with Crippen molar-refractivity contribution < 1.29 is 9.13 Å². The van der Waals surface area contributed by atoms with Gasteiger partial charge in [0.25, 0.3) is 0 Å². The minimum Gasteiger partial charge on any atom is -0.379 e. The topological polar surface area (TPSA) is 21.6 Å². The monoisotopic (exact) mass is 281 g/mol. The van der Waals surface area contributed by atoms with Crippen LogP contribution in [0.4, 0.5) is 4.39 Å². The number of rotatable bonds is 3. The first-order valence-electron chi connectivity index (χ1n) is 6.56. The number of ether oxygens (including phenoxy) is 1. The normalized spacial score (nSPS) is 32.6. The summed E-state index contributed by atoms with van der Waals surface area (Å²) in [5.74, 6) is 1.08. The molecule has 4 heteroatoms. The van der Waals surface area contributed by atoms with Crippen LogP contribution in [0.3, 0.4) is 0 Å². The Bertz CT molecular complexity index is 455. The van der Waals surface area contributed by atoms with E-state index in [0.717, 1.165) is 23.8 Å². The highest BCUT2D eigenvalue weighted by molar-refractivity contribution is 8.13. The largest absolute Gasteiger partial charge is 0.379 e. The quantitative estimate of drug-likeness (QED) is 0.731. The number of aliphatic imine (C=N–C) groups is 1. The van der Waals surface area contributed by atoms with Gasteiger partial charge in [0.1, 0.15) is 11.4 Å². The Morgan fingerprint density at radius 2 is 2.42 bits per heavy atom. The average molecular weight is 281 g/mol. The predicted octanol–water partition coefficient (Wildman–Crippen LogP) is 3.91. The van der Waals surface area contributed by atoms with Crippen molar-refractivity contribution >= 4 is 16.8 Å². The molecule has 1 fully saturated rings. The highest BCUT2D eigenvalue weighted by Crippen LogP contribution is 2.44. The van der Waals surface area contributed by atoms with E-state index in [1.807, 2.05) is 6.92 Å². The van der Waals surface area contributed by atoms with Crippen LogP contribution in [0.1, 0.15) is 20.3 Å². The van der Waals surface area contributed by atoms with Crippen molar-refractivity contribution in [1.29, 1.82) is 0 Å². The number of allylic oxidation sites excluding steroid dienone is 3. The van der Waals surface area contributed by atoms with Gasteiger partial charge in [0.15, 0.2) is 0 Å². The number of thioether (sulfide) groups is 1. The molecule has 2 rings (SSSR count). The van der Waals surface area contributed by atoms with E-state index in [-0.39, 0.29) is 5.83 Å². The second-order valence-corrected chi connectivity index (χ2v) is 6.07. The first-order chi connectivity index (χ1) is 9.14. The van der Waals surface area contributed by atoms with E-state index < -0.39 is 5.54 Å². The first kappa shape index (κ1) is 14.5. The zero-order chi connectivity index (χ0) is 13.9. The molecular weight excluding hydrogens is 261 g/mol. The highest BCUT2D eigenvalue weighted by Gasteiger charge is 2.47. The lowest BCUT2D eigenvalue weighted by Crippen LogP contribution is -2.50. The van der Waals surface area contributed by atoms with Crippen LogP contribution >= 0.6 is 11.8 Å². The molecule has 0 aromatic heterocycles. The Balaban J connectivity index is 2.53. The SMILES string of the molecule is C=C/C=C(\C(F)=C/C)C12COCCC1CSC(C)=N2. The molecule has 0 aliphatic carbocycles. The standard InChI is InChI=1S/C15H20FNOS/c1-4-6-13(14(16)5-2)15-10-18-8-7-12(15)9-19-11(3)17-15/h4-6,12H,1,7-10H2,2-3H3/b13-6+,14-5+. The van der Waals surface area contributed by atoms with Crippen LogP contribution in [0.15, 0.2) is 41.2 Å². The molecule has 0 saturated carbocycles. The van der Waals surface area contributed by atoms with Gasteiger partial charge in [0.2, 0.25) is 0 Å². The summed E-state index contributed by atoms with van der Waals surface area (Å²) in [6.45, 7) is 8.58. The van der Waals surface area contributed by atoms with E-state index in [1.165, 1.54) is 6.08 Å². The van der Waals surface area contributed by atoms with Crippen LogP contribution < -0.4 is 0 Å². The fourth-order valence-electron chi connectivity index (χ4n) is 2.75. The van der Waals surface area contributed by atoms with Crippen molar-refractivity contribution in [1.82, 2.24) is 0 Å². The molecule has 2 aliphatic rings. The van der Waals surface area contributed by atoms with Crippen molar-refractivity contribution in [2.24, 2.45) is 10.9 Å². The van der Waals surface area contributed by atoms with Gasteiger partial charge in [-0.15, -0.1) is 11.8 Å². The lowest BCUT2D eigenvalue weighted by atomic mass is 9.75. The lowest BCUT2D eigenvalue weighted by Gasteiger charge is -2.44. The maximum absolute atomic E-state index is 14.3. The van der Waals surface area contributed by atoms with Gasteiger partial charge in [-0.2, -0.15) is 0 Å². The van der Waals surface area contributed by atoms with E-state index in [4.69, 9.17) is 9.73 Å². The van der Waals surface area contributed by atoms with Gasteiger partial charge in [0, 0.05) is 23.9 Å². The fraction of sp³-hybridized carbons (Fsp3) is 0.533. The smallest absolute Gasteiger partial charge is 0.124 e. The number of hydrogen-bond donors (Lipinski definition) is 0. The lowest BCUT2D eigenvalue weighted by molar-refractivity contribution is 0.0223. The van der Waals surface area contributed by atoms with Crippen LogP contribution in [-0.2, 0) is 4.74 Å².